The molecule has 0 unspecified atom stereocenters. The summed E-state index contributed by atoms with van der Waals surface area (Å²) in [6.45, 7) is 8.17. The Morgan fingerprint density at radius 3 is 2.46 bits per heavy atom. The van der Waals surface area contributed by atoms with Gasteiger partial charge in [-0.2, -0.15) is 5.10 Å². The van der Waals surface area contributed by atoms with Crippen LogP contribution in [0.2, 0.25) is 0 Å². The first-order chi connectivity index (χ1) is 11.4. The first kappa shape index (κ1) is 16.0. The van der Waals surface area contributed by atoms with Crippen molar-refractivity contribution in [3.63, 3.8) is 0 Å². The van der Waals surface area contributed by atoms with E-state index in [2.05, 4.69) is 42.0 Å². The zero-order valence-electron chi connectivity index (χ0n) is 14.2. The minimum Gasteiger partial charge on any atom is -0.439 e. The van der Waals surface area contributed by atoms with Crippen LogP contribution in [0.1, 0.15) is 32.2 Å². The fourth-order valence-corrected chi connectivity index (χ4v) is 2.53. The highest BCUT2D eigenvalue weighted by atomic mass is 16.5. The lowest BCUT2D eigenvalue weighted by molar-refractivity contribution is 0.440. The average Bonchev–Trinajstić information content (AvgIpc) is 2.87. The predicted molar refractivity (Wildman–Crippen MR) is 91.9 cm³/mol. The smallest absolute Gasteiger partial charge is 0.347 e. The van der Waals surface area contributed by atoms with Gasteiger partial charge >= 0.3 is 5.69 Å². The van der Waals surface area contributed by atoms with Crippen LogP contribution in [0.5, 0.6) is 11.6 Å². The number of hydrogen-bond acceptors (Lipinski definition) is 4. The molecule has 0 atom stereocenters. The molecule has 0 saturated heterocycles. The number of nitrogens with zero attached hydrogens (tertiary/aromatic N) is 3. The zero-order valence-corrected chi connectivity index (χ0v) is 14.2. The lowest BCUT2D eigenvalue weighted by atomic mass is 9.86. The molecule has 0 aliphatic rings. The second-order valence-electron chi connectivity index (χ2n) is 6.61. The number of aryl methyl sites for hydroxylation is 1. The van der Waals surface area contributed by atoms with Gasteiger partial charge in [0.25, 0.3) is 0 Å². The molecule has 0 radical (unpaired) electrons. The molecule has 0 amide bonds. The van der Waals surface area contributed by atoms with Crippen LogP contribution in [-0.4, -0.2) is 19.7 Å². The van der Waals surface area contributed by atoms with E-state index in [4.69, 9.17) is 4.74 Å². The molecule has 124 valence electrons. The highest BCUT2D eigenvalue weighted by Gasteiger charge is 2.19. The van der Waals surface area contributed by atoms with Crippen LogP contribution in [0.3, 0.4) is 0 Å². The van der Waals surface area contributed by atoms with Gasteiger partial charge in [-0.15, -0.1) is 0 Å². The number of H-pyrrole nitrogens is 1. The minimum atomic E-state index is -0.291. The van der Waals surface area contributed by atoms with Gasteiger partial charge in [0.15, 0.2) is 0 Å². The summed E-state index contributed by atoms with van der Waals surface area (Å²) in [6, 6.07) is 11.4. The van der Waals surface area contributed by atoms with E-state index in [1.54, 1.807) is 25.3 Å². The fourth-order valence-electron chi connectivity index (χ4n) is 2.53. The summed E-state index contributed by atoms with van der Waals surface area (Å²) in [5, 5.41) is 6.30. The van der Waals surface area contributed by atoms with E-state index in [1.165, 1.54) is 4.57 Å². The van der Waals surface area contributed by atoms with Crippen molar-refractivity contribution in [1.82, 2.24) is 19.7 Å². The van der Waals surface area contributed by atoms with Crippen LogP contribution in [0, 0.1) is 6.92 Å². The predicted octanol–water partition coefficient (Wildman–Crippen LogP) is 3.35. The summed E-state index contributed by atoms with van der Waals surface area (Å²) in [7, 11) is 0. The normalized spacial score (nSPS) is 11.5. The van der Waals surface area contributed by atoms with Gasteiger partial charge in [0.05, 0.1) is 11.9 Å². The molecule has 0 spiro atoms. The number of hydrogen-bond donors (Lipinski definition) is 1. The van der Waals surface area contributed by atoms with Crippen molar-refractivity contribution in [1.29, 1.82) is 0 Å². The molecule has 6 heteroatoms. The molecule has 0 fully saturated rings. The number of para-hydroxylation sites is 1. The Bertz CT molecular complexity index is 902. The van der Waals surface area contributed by atoms with Gasteiger partial charge in [0.1, 0.15) is 11.6 Å². The van der Waals surface area contributed by atoms with E-state index in [0.29, 0.717) is 17.4 Å². The Balaban J connectivity index is 1.90. The second kappa shape index (κ2) is 5.96. The Labute approximate surface area is 140 Å². The highest BCUT2D eigenvalue weighted by Crippen LogP contribution is 2.33. The van der Waals surface area contributed by atoms with E-state index < -0.39 is 0 Å². The van der Waals surface area contributed by atoms with Gasteiger partial charge in [-0.25, -0.2) is 19.4 Å². The third-order valence-corrected chi connectivity index (χ3v) is 3.73. The van der Waals surface area contributed by atoms with Crippen LogP contribution in [0.15, 0.2) is 47.4 Å². The van der Waals surface area contributed by atoms with Crippen LogP contribution >= 0.6 is 0 Å². The molecule has 6 nitrogen and oxygen atoms in total. The second-order valence-corrected chi connectivity index (χ2v) is 6.61. The number of ether oxygens (including phenoxy) is 1. The molecular formula is C18H20N4O2. The Hall–Kier alpha value is -2.89. The Morgan fingerprint density at radius 2 is 1.88 bits per heavy atom. The standard InChI is InChI=1S/C18H20N4O2/c1-12-20-21-17(23)22(12)13-9-10-16(19-11-13)24-15-8-6-5-7-14(15)18(2,3)4/h5-11H,1-4H3,(H,21,23). The van der Waals surface area contributed by atoms with Gasteiger partial charge in [-0.3, -0.25) is 0 Å². The molecule has 0 saturated carbocycles. The molecule has 1 N–H and O–H groups in total. The number of aromatic nitrogens is 4. The Morgan fingerprint density at radius 1 is 1.12 bits per heavy atom. The van der Waals surface area contributed by atoms with Gasteiger partial charge in [-0.05, 0) is 24.5 Å². The lowest BCUT2D eigenvalue weighted by Gasteiger charge is -2.22. The lowest BCUT2D eigenvalue weighted by Crippen LogP contribution is -2.16. The van der Waals surface area contributed by atoms with Gasteiger partial charge < -0.3 is 4.74 Å². The maximum atomic E-state index is 11.8. The van der Waals surface area contributed by atoms with Gasteiger partial charge in [0.2, 0.25) is 5.88 Å². The van der Waals surface area contributed by atoms with E-state index in [0.717, 1.165) is 11.3 Å². The average molecular weight is 324 g/mol. The first-order valence-corrected chi connectivity index (χ1v) is 7.74. The fraction of sp³-hybridized carbons (Fsp3) is 0.278. The molecule has 2 heterocycles. The van der Waals surface area contributed by atoms with Crippen LogP contribution in [0.4, 0.5) is 0 Å². The molecular weight excluding hydrogens is 304 g/mol. The van der Waals surface area contributed by atoms with E-state index in [9.17, 15) is 4.79 Å². The molecule has 1 aromatic carbocycles. The number of nitrogens with one attached hydrogen (secondary N) is 1. The number of rotatable bonds is 3. The maximum absolute atomic E-state index is 11.8. The molecule has 24 heavy (non-hydrogen) atoms. The quantitative estimate of drug-likeness (QED) is 0.802. The number of aromatic amines is 1. The minimum absolute atomic E-state index is 0.0300. The van der Waals surface area contributed by atoms with Crippen molar-refractivity contribution in [2.75, 3.05) is 0 Å². The third-order valence-electron chi connectivity index (χ3n) is 3.73. The largest absolute Gasteiger partial charge is 0.439 e. The van der Waals surface area contributed by atoms with E-state index in [1.807, 2.05) is 18.2 Å². The molecule has 0 aliphatic heterocycles. The monoisotopic (exact) mass is 324 g/mol. The zero-order chi connectivity index (χ0) is 17.3. The van der Waals surface area contributed by atoms with Crippen molar-refractivity contribution in [2.24, 2.45) is 0 Å². The summed E-state index contributed by atoms with van der Waals surface area (Å²) < 4.78 is 7.41. The molecule has 3 aromatic rings. The van der Waals surface area contributed by atoms with Crippen LogP contribution < -0.4 is 10.4 Å². The van der Waals surface area contributed by atoms with Crippen molar-refractivity contribution in [3.8, 4) is 17.3 Å². The number of pyridine rings is 1. The molecule has 0 aliphatic carbocycles. The summed E-state index contributed by atoms with van der Waals surface area (Å²) >= 11 is 0. The van der Waals surface area contributed by atoms with Crippen molar-refractivity contribution in [2.45, 2.75) is 33.1 Å². The molecule has 2 aromatic heterocycles. The topological polar surface area (TPSA) is 72.8 Å². The Kier molecular flexibility index (Phi) is 3.97. The number of benzene rings is 1. The highest BCUT2D eigenvalue weighted by molar-refractivity contribution is 5.41. The van der Waals surface area contributed by atoms with Crippen molar-refractivity contribution < 1.29 is 4.74 Å². The van der Waals surface area contributed by atoms with Gasteiger partial charge in [0, 0.05) is 11.6 Å². The summed E-state index contributed by atoms with van der Waals surface area (Å²) in [6.07, 6.45) is 1.60. The summed E-state index contributed by atoms with van der Waals surface area (Å²) in [5.74, 6) is 1.83. The van der Waals surface area contributed by atoms with Crippen molar-refractivity contribution >= 4 is 0 Å². The van der Waals surface area contributed by atoms with Crippen LogP contribution in [-0.2, 0) is 5.41 Å². The summed E-state index contributed by atoms with van der Waals surface area (Å²) in [4.78, 5) is 16.1. The van der Waals surface area contributed by atoms with Crippen molar-refractivity contribution in [3.05, 3.63) is 64.5 Å². The van der Waals surface area contributed by atoms with Crippen LogP contribution in [0.25, 0.3) is 5.69 Å². The molecule has 3 rings (SSSR count). The third kappa shape index (κ3) is 3.08. The molecule has 0 bridgehead atoms. The SMILES string of the molecule is Cc1n[nH]c(=O)n1-c1ccc(Oc2ccccc2C(C)(C)C)nc1. The first-order valence-electron chi connectivity index (χ1n) is 7.74. The van der Waals surface area contributed by atoms with Gasteiger partial charge in [-0.1, -0.05) is 39.0 Å². The van der Waals surface area contributed by atoms with E-state index in [-0.39, 0.29) is 11.1 Å². The summed E-state index contributed by atoms with van der Waals surface area (Å²) in [5.41, 5.74) is 1.43. The maximum Gasteiger partial charge on any atom is 0.347 e. The van der Waals surface area contributed by atoms with E-state index >= 15 is 0 Å².